The summed E-state index contributed by atoms with van der Waals surface area (Å²) in [5.41, 5.74) is 1.25. The van der Waals surface area contributed by atoms with E-state index >= 15 is 0 Å². The van der Waals surface area contributed by atoms with Gasteiger partial charge in [-0.05, 0) is 24.3 Å². The van der Waals surface area contributed by atoms with Crippen LogP contribution in [0.3, 0.4) is 0 Å². The van der Waals surface area contributed by atoms with Gasteiger partial charge in [-0.1, -0.05) is 35.1 Å². The molecule has 3 aromatic rings. The summed E-state index contributed by atoms with van der Waals surface area (Å²) in [5.74, 6) is 0.186. The molecule has 0 unspecified atom stereocenters. The Kier molecular flexibility index (Phi) is 6.44. The van der Waals surface area contributed by atoms with E-state index < -0.39 is 11.9 Å². The van der Waals surface area contributed by atoms with Crippen LogP contribution in [0.2, 0.25) is 5.02 Å². The molecule has 0 saturated heterocycles. The Morgan fingerprint density at radius 2 is 1.91 bits per heavy atom. The second-order valence-electron chi connectivity index (χ2n) is 7.29. The number of thiazole rings is 1. The zero-order chi connectivity index (χ0) is 23.7. The zero-order valence-electron chi connectivity index (χ0n) is 18.2. The minimum Gasteiger partial charge on any atom is -0.497 e. The number of esters is 1. The molecule has 1 aromatic heterocycles. The van der Waals surface area contributed by atoms with E-state index in [1.165, 1.54) is 23.7 Å². The molecular weight excluding hydrogens is 468 g/mol. The van der Waals surface area contributed by atoms with Crippen molar-refractivity contribution in [3.05, 3.63) is 67.6 Å². The number of carbonyl (C=O) groups is 2. The molecule has 0 aliphatic carbocycles. The average molecular weight is 489 g/mol. The van der Waals surface area contributed by atoms with Gasteiger partial charge in [0.2, 0.25) is 5.91 Å². The minimum absolute atomic E-state index is 0.0976. The van der Waals surface area contributed by atoms with Crippen molar-refractivity contribution in [2.75, 3.05) is 26.2 Å². The first-order chi connectivity index (χ1) is 15.9. The molecule has 0 radical (unpaired) electrons. The molecule has 1 aliphatic heterocycles. The van der Waals surface area contributed by atoms with Gasteiger partial charge in [0.25, 0.3) is 0 Å². The van der Waals surface area contributed by atoms with Gasteiger partial charge in [-0.2, -0.15) is 0 Å². The molecule has 0 spiro atoms. The van der Waals surface area contributed by atoms with E-state index in [4.69, 9.17) is 25.8 Å². The van der Waals surface area contributed by atoms with Crippen LogP contribution in [0.1, 0.15) is 22.8 Å². The normalized spacial score (nSPS) is 15.2. The number of aromatic nitrogens is 1. The van der Waals surface area contributed by atoms with Crippen LogP contribution in [-0.2, 0) is 20.9 Å². The molecule has 1 atom stereocenters. The second-order valence-corrected chi connectivity index (χ2v) is 8.72. The molecule has 1 aliphatic rings. The fourth-order valence-corrected chi connectivity index (χ4v) is 5.20. The lowest BCUT2D eigenvalue weighted by Crippen LogP contribution is -2.36. The summed E-state index contributed by atoms with van der Waals surface area (Å²) in [4.78, 5) is 40.3. The van der Waals surface area contributed by atoms with Crippen molar-refractivity contribution in [1.29, 1.82) is 0 Å². The standard InChI is InChI=1S/C23H21ClN2O6S/c1-30-15-7-8-16(18(10-15)31-2)17-11-19(27)26(14-6-4-5-13(24)9-14)22-21(17)33-23(29)25(22)12-20(28)32-3/h4-10,17H,11-12H2,1-3H3/t17-/m1/s1. The number of anilines is 2. The first-order valence-electron chi connectivity index (χ1n) is 9.98. The lowest BCUT2D eigenvalue weighted by molar-refractivity contribution is -0.141. The van der Waals surface area contributed by atoms with Gasteiger partial charge < -0.3 is 14.2 Å². The van der Waals surface area contributed by atoms with Crippen LogP contribution in [0.4, 0.5) is 11.5 Å². The number of ether oxygens (including phenoxy) is 3. The summed E-state index contributed by atoms with van der Waals surface area (Å²) >= 11 is 7.17. The number of amides is 1. The Bertz CT molecular complexity index is 1280. The number of benzene rings is 2. The van der Waals surface area contributed by atoms with E-state index in [1.54, 1.807) is 43.5 Å². The monoisotopic (exact) mass is 488 g/mol. The number of hydrogen-bond acceptors (Lipinski definition) is 7. The first-order valence-corrected chi connectivity index (χ1v) is 11.2. The van der Waals surface area contributed by atoms with Crippen molar-refractivity contribution >= 4 is 46.3 Å². The molecule has 1 amide bonds. The van der Waals surface area contributed by atoms with Gasteiger partial charge in [-0.25, -0.2) is 0 Å². The van der Waals surface area contributed by atoms with E-state index in [0.717, 1.165) is 16.9 Å². The number of rotatable bonds is 6. The Labute approximate surface area is 198 Å². The quantitative estimate of drug-likeness (QED) is 0.488. The Morgan fingerprint density at radius 1 is 1.12 bits per heavy atom. The number of fused-ring (bicyclic) bond motifs is 1. The van der Waals surface area contributed by atoms with E-state index in [-0.39, 0.29) is 23.7 Å². The van der Waals surface area contributed by atoms with Crippen LogP contribution in [0.25, 0.3) is 0 Å². The molecular formula is C23H21ClN2O6S. The third-order valence-corrected chi connectivity index (χ3v) is 6.76. The summed E-state index contributed by atoms with van der Waals surface area (Å²) in [5, 5.41) is 0.442. The van der Waals surface area contributed by atoms with Gasteiger partial charge in [0.1, 0.15) is 23.9 Å². The maximum absolute atomic E-state index is 13.5. The Balaban J connectivity index is 1.94. The van der Waals surface area contributed by atoms with Crippen molar-refractivity contribution in [2.45, 2.75) is 18.9 Å². The highest BCUT2D eigenvalue weighted by Gasteiger charge is 2.39. The maximum Gasteiger partial charge on any atom is 0.325 e. The van der Waals surface area contributed by atoms with Crippen molar-refractivity contribution in [2.24, 2.45) is 0 Å². The highest BCUT2D eigenvalue weighted by Crippen LogP contribution is 2.47. The SMILES string of the molecule is COC(=O)Cn1c2c(sc1=O)[C@@H](c1ccc(OC)cc1OC)CC(=O)N2c1cccc(Cl)c1. The highest BCUT2D eigenvalue weighted by atomic mass is 35.5. The van der Waals surface area contributed by atoms with Gasteiger partial charge in [0.05, 0.1) is 31.9 Å². The smallest absolute Gasteiger partial charge is 0.325 e. The molecule has 0 N–H and O–H groups in total. The van der Waals surface area contributed by atoms with Crippen molar-refractivity contribution in [1.82, 2.24) is 4.57 Å². The molecule has 8 nitrogen and oxygen atoms in total. The molecule has 172 valence electrons. The van der Waals surface area contributed by atoms with Crippen LogP contribution in [-0.4, -0.2) is 37.8 Å². The summed E-state index contributed by atoms with van der Waals surface area (Å²) < 4.78 is 16.9. The second kappa shape index (κ2) is 9.29. The highest BCUT2D eigenvalue weighted by molar-refractivity contribution is 7.10. The molecule has 2 heterocycles. The largest absolute Gasteiger partial charge is 0.497 e. The van der Waals surface area contributed by atoms with E-state index in [9.17, 15) is 14.4 Å². The van der Waals surface area contributed by atoms with Gasteiger partial charge in [0.15, 0.2) is 0 Å². The predicted molar refractivity (Wildman–Crippen MR) is 125 cm³/mol. The van der Waals surface area contributed by atoms with Crippen molar-refractivity contribution < 1.29 is 23.8 Å². The van der Waals surface area contributed by atoms with Crippen LogP contribution < -0.4 is 19.2 Å². The van der Waals surface area contributed by atoms with Gasteiger partial charge in [-0.15, -0.1) is 0 Å². The minimum atomic E-state index is -0.597. The van der Waals surface area contributed by atoms with Gasteiger partial charge in [0, 0.05) is 29.0 Å². The summed E-state index contributed by atoms with van der Waals surface area (Å²) in [6.07, 6.45) is 0.0976. The lowest BCUT2D eigenvalue weighted by atomic mass is 9.89. The molecule has 4 rings (SSSR count). The molecule has 10 heteroatoms. The van der Waals surface area contributed by atoms with Crippen LogP contribution >= 0.6 is 22.9 Å². The number of carbonyl (C=O) groups excluding carboxylic acids is 2. The van der Waals surface area contributed by atoms with Crippen molar-refractivity contribution in [3.8, 4) is 11.5 Å². The third kappa shape index (κ3) is 4.21. The number of halogens is 1. The summed E-state index contributed by atoms with van der Waals surface area (Å²) in [6.45, 7) is -0.321. The van der Waals surface area contributed by atoms with Crippen LogP contribution in [0.5, 0.6) is 11.5 Å². The summed E-state index contributed by atoms with van der Waals surface area (Å²) in [7, 11) is 4.34. The zero-order valence-corrected chi connectivity index (χ0v) is 19.7. The van der Waals surface area contributed by atoms with Crippen LogP contribution in [0, 0.1) is 0 Å². The van der Waals surface area contributed by atoms with E-state index in [1.807, 2.05) is 6.07 Å². The average Bonchev–Trinajstić information content (AvgIpc) is 3.13. The first kappa shape index (κ1) is 22.9. The van der Waals surface area contributed by atoms with E-state index in [2.05, 4.69) is 0 Å². The third-order valence-electron chi connectivity index (χ3n) is 5.45. The Morgan fingerprint density at radius 3 is 2.58 bits per heavy atom. The Hall–Kier alpha value is -3.30. The number of hydrogen-bond donors (Lipinski definition) is 0. The predicted octanol–water partition coefficient (Wildman–Crippen LogP) is 3.95. The number of nitrogens with zero attached hydrogens (tertiary/aromatic N) is 2. The molecule has 2 aromatic carbocycles. The van der Waals surface area contributed by atoms with Crippen LogP contribution in [0.15, 0.2) is 47.3 Å². The topological polar surface area (TPSA) is 87.1 Å². The molecule has 0 saturated carbocycles. The maximum atomic E-state index is 13.5. The van der Waals surface area contributed by atoms with Crippen molar-refractivity contribution in [3.63, 3.8) is 0 Å². The lowest BCUT2D eigenvalue weighted by Gasteiger charge is -2.33. The fourth-order valence-electron chi connectivity index (χ4n) is 3.92. The van der Waals surface area contributed by atoms with Gasteiger partial charge in [-0.3, -0.25) is 23.9 Å². The molecule has 33 heavy (non-hydrogen) atoms. The van der Waals surface area contributed by atoms with Gasteiger partial charge >= 0.3 is 10.8 Å². The fraction of sp³-hybridized carbons (Fsp3) is 0.261. The number of methoxy groups -OCH3 is 3. The van der Waals surface area contributed by atoms with E-state index in [0.29, 0.717) is 32.9 Å². The summed E-state index contributed by atoms with van der Waals surface area (Å²) in [6, 6.07) is 12.1. The molecule has 0 bridgehead atoms. The molecule has 0 fully saturated rings.